The van der Waals surface area contributed by atoms with Gasteiger partial charge in [-0.15, -0.1) is 11.3 Å². The predicted octanol–water partition coefficient (Wildman–Crippen LogP) is 3.97. The first-order valence-corrected chi connectivity index (χ1v) is 21.5. The summed E-state index contributed by atoms with van der Waals surface area (Å²) in [5.41, 5.74) is 11.0. The van der Waals surface area contributed by atoms with Crippen LogP contribution in [0.2, 0.25) is 0 Å². The molecule has 0 radical (unpaired) electrons. The van der Waals surface area contributed by atoms with Gasteiger partial charge in [-0.05, 0) is 80.4 Å². The molecule has 326 valence electrons. The molecule has 5 heterocycles. The van der Waals surface area contributed by atoms with E-state index < -0.39 is 17.7 Å². The average Bonchev–Trinajstić information content (AvgIpc) is 3.47. The summed E-state index contributed by atoms with van der Waals surface area (Å²) in [5.74, 6) is 0.254. The Labute approximate surface area is 358 Å². The SMILES string of the molecule is CC(C)C.Cc1ncsc1-c1ccc(CNC=O)cc1.Nc1cc(Nc2cc(COCC(=O)NCC(=O)N3CCC(O)C3)c3n(c2=O)C2(CCC4(CC4)CC2)NC3=O)ncn1. The number of rotatable bonds is 12. The number of aliphatic hydroxyl groups excluding tert-OH is 1. The number of nitrogens with two attached hydrogens (primary N) is 1. The molecule has 2 aliphatic heterocycles. The van der Waals surface area contributed by atoms with Crippen molar-refractivity contribution in [2.75, 3.05) is 37.3 Å². The maximum absolute atomic E-state index is 13.8. The lowest BCUT2D eigenvalue weighted by Gasteiger charge is -2.39. The number of pyridine rings is 1. The van der Waals surface area contributed by atoms with E-state index in [2.05, 4.69) is 69.1 Å². The van der Waals surface area contributed by atoms with E-state index >= 15 is 0 Å². The molecule has 17 nitrogen and oxygen atoms in total. The fourth-order valence-corrected chi connectivity index (χ4v) is 8.53. The van der Waals surface area contributed by atoms with Gasteiger partial charge in [-0.1, -0.05) is 45.0 Å². The minimum Gasteiger partial charge on any atom is -0.391 e. The fourth-order valence-electron chi connectivity index (χ4n) is 7.72. The Morgan fingerprint density at radius 2 is 1.77 bits per heavy atom. The second kappa shape index (κ2) is 19.8. The Morgan fingerprint density at radius 1 is 1.07 bits per heavy atom. The van der Waals surface area contributed by atoms with Crippen molar-refractivity contribution in [2.45, 2.75) is 97.6 Å². The molecule has 2 aliphatic carbocycles. The number of thiazole rings is 1. The van der Waals surface area contributed by atoms with E-state index in [0.717, 1.165) is 30.0 Å². The topological polar surface area (TPSA) is 236 Å². The van der Waals surface area contributed by atoms with Crippen LogP contribution in [0.4, 0.5) is 17.3 Å². The third-order valence-corrected chi connectivity index (χ3v) is 12.1. The van der Waals surface area contributed by atoms with E-state index in [1.165, 1.54) is 46.6 Å². The van der Waals surface area contributed by atoms with Crippen molar-refractivity contribution in [3.63, 3.8) is 0 Å². The number of aliphatic hydroxyl groups is 1. The van der Waals surface area contributed by atoms with Gasteiger partial charge in [0.05, 0.1) is 35.3 Å². The number of benzene rings is 1. The number of nitrogens with one attached hydrogen (secondary N) is 4. The van der Waals surface area contributed by atoms with Gasteiger partial charge in [-0.25, -0.2) is 15.0 Å². The number of anilines is 3. The van der Waals surface area contributed by atoms with E-state index in [9.17, 15) is 29.1 Å². The van der Waals surface area contributed by atoms with E-state index in [0.29, 0.717) is 55.6 Å². The minimum atomic E-state index is -0.824. The molecule has 0 bridgehead atoms. The van der Waals surface area contributed by atoms with Gasteiger partial charge in [0.1, 0.15) is 41.6 Å². The normalized spacial score (nSPS) is 17.7. The van der Waals surface area contributed by atoms with E-state index in [-0.39, 0.29) is 60.9 Å². The molecule has 3 fully saturated rings. The molecule has 3 aromatic heterocycles. The van der Waals surface area contributed by atoms with Crippen LogP contribution in [0.1, 0.15) is 93.0 Å². The van der Waals surface area contributed by atoms with Crippen LogP contribution in [0.15, 0.2) is 53.0 Å². The molecule has 1 saturated heterocycles. The fraction of sp³-hybridized carbons (Fsp3) is 0.488. The number of fused-ring (bicyclic) bond motifs is 2. The van der Waals surface area contributed by atoms with Crippen LogP contribution in [0.25, 0.3) is 10.4 Å². The third kappa shape index (κ3) is 11.4. The largest absolute Gasteiger partial charge is 0.391 e. The zero-order valence-corrected chi connectivity index (χ0v) is 36.0. The lowest BCUT2D eigenvalue weighted by Crippen LogP contribution is -2.50. The molecule has 7 N–H and O–H groups in total. The number of nitrogens with zero attached hydrogens (tertiary/aromatic N) is 5. The highest BCUT2D eigenvalue weighted by Crippen LogP contribution is 2.59. The number of nitrogen functional groups attached to an aromatic ring is 1. The second-order valence-corrected chi connectivity index (χ2v) is 17.6. The van der Waals surface area contributed by atoms with E-state index in [1.54, 1.807) is 15.9 Å². The van der Waals surface area contributed by atoms with Crippen LogP contribution in [0.5, 0.6) is 0 Å². The van der Waals surface area contributed by atoms with Crippen molar-refractivity contribution in [3.05, 3.63) is 81.1 Å². The molecular formula is C43H56N10O7S. The summed E-state index contributed by atoms with van der Waals surface area (Å²) < 4.78 is 7.22. The number of carbonyl (C=O) groups is 4. The molecule has 8 rings (SSSR count). The van der Waals surface area contributed by atoms with Crippen LogP contribution in [0.3, 0.4) is 0 Å². The molecular weight excluding hydrogens is 801 g/mol. The number of ether oxygens (including phenoxy) is 1. The van der Waals surface area contributed by atoms with Crippen LogP contribution < -0.4 is 32.6 Å². The smallest absolute Gasteiger partial charge is 0.276 e. The van der Waals surface area contributed by atoms with E-state index in [1.807, 2.05) is 24.6 Å². The Balaban J connectivity index is 0.000000257. The Kier molecular flexibility index (Phi) is 14.5. The highest BCUT2D eigenvalue weighted by molar-refractivity contribution is 7.13. The molecule has 1 unspecified atom stereocenters. The summed E-state index contributed by atoms with van der Waals surface area (Å²) in [6.45, 7) is 9.12. The first-order valence-electron chi connectivity index (χ1n) is 20.6. The first kappa shape index (κ1) is 44.8. The molecule has 61 heavy (non-hydrogen) atoms. The van der Waals surface area contributed by atoms with Gasteiger partial charge in [0, 0.05) is 31.3 Å². The summed E-state index contributed by atoms with van der Waals surface area (Å²) in [4.78, 5) is 76.9. The summed E-state index contributed by atoms with van der Waals surface area (Å²) in [6, 6.07) is 11.2. The summed E-state index contributed by atoms with van der Waals surface area (Å²) in [5, 5.41) is 20.9. The van der Waals surface area contributed by atoms with Gasteiger partial charge >= 0.3 is 0 Å². The number of aryl methyl sites for hydroxylation is 1. The van der Waals surface area contributed by atoms with Gasteiger partial charge in [0.2, 0.25) is 18.2 Å². The lowest BCUT2D eigenvalue weighted by molar-refractivity contribution is -0.133. The van der Waals surface area contributed by atoms with Crippen LogP contribution in [-0.2, 0) is 37.9 Å². The Morgan fingerprint density at radius 3 is 2.38 bits per heavy atom. The number of aromatic nitrogens is 4. The monoisotopic (exact) mass is 856 g/mol. The number of hydrogen-bond acceptors (Lipinski definition) is 13. The highest BCUT2D eigenvalue weighted by atomic mass is 32.1. The molecule has 2 spiro atoms. The maximum atomic E-state index is 13.8. The highest BCUT2D eigenvalue weighted by Gasteiger charge is 2.54. The van der Waals surface area contributed by atoms with Crippen molar-refractivity contribution < 1.29 is 29.0 Å². The zero-order chi connectivity index (χ0) is 43.7. The molecule has 4 aliphatic rings. The van der Waals surface area contributed by atoms with Gasteiger partial charge in [0.25, 0.3) is 11.5 Å². The van der Waals surface area contributed by atoms with Crippen molar-refractivity contribution in [1.29, 1.82) is 0 Å². The summed E-state index contributed by atoms with van der Waals surface area (Å²) in [6.07, 6.45) is 7.51. The third-order valence-electron chi connectivity index (χ3n) is 11.1. The second-order valence-electron chi connectivity index (χ2n) is 16.8. The molecule has 4 amide bonds. The molecule has 1 aromatic carbocycles. The molecule has 4 aromatic rings. The number of β-amino-alcohol motifs (C(OH)–C–C–N with tert-alkyl or cyclic N) is 1. The summed E-state index contributed by atoms with van der Waals surface area (Å²) >= 11 is 1.64. The van der Waals surface area contributed by atoms with Gasteiger partial charge < -0.3 is 41.7 Å². The van der Waals surface area contributed by atoms with Gasteiger partial charge in [0.15, 0.2) is 0 Å². The first-order chi connectivity index (χ1) is 29.2. The van der Waals surface area contributed by atoms with Gasteiger partial charge in [-0.3, -0.25) is 28.5 Å². The number of amides is 4. The Hall–Kier alpha value is -5.72. The maximum Gasteiger partial charge on any atom is 0.276 e. The average molecular weight is 857 g/mol. The standard InChI is InChI=1S/C27H34N8O6.C12H12N2OS.C4H10/c28-19-10-20(31-15-30-19)32-18-9-16(13-41-14-21(37)29-11-22(38)34-8-1-17(36)12-34)23-24(39)33-27(35(23)25(18)40)6-4-26(2-3-26)5-7-27;1-9-12(16-8-14-9)11-4-2-10(3-5-11)6-13-7-15;1-4(2)3/h9-10,15,17,36H,1-8,11-14H2,(H,29,37)(H,33,39)(H3,28,30,31,32);2-5,7-8H,6H2,1H3,(H,13,15);4H,1-3H3. The van der Waals surface area contributed by atoms with Crippen molar-refractivity contribution in [1.82, 2.24) is 40.4 Å². The van der Waals surface area contributed by atoms with Crippen LogP contribution in [0, 0.1) is 18.3 Å². The molecule has 18 heteroatoms. The van der Waals surface area contributed by atoms with Crippen molar-refractivity contribution in [2.24, 2.45) is 11.3 Å². The van der Waals surface area contributed by atoms with Crippen LogP contribution in [-0.4, -0.2) is 86.0 Å². The van der Waals surface area contributed by atoms with Crippen molar-refractivity contribution >= 4 is 52.8 Å². The zero-order valence-electron chi connectivity index (χ0n) is 35.2. The lowest BCUT2D eigenvalue weighted by atomic mass is 9.79. The molecule has 2 saturated carbocycles. The number of carbonyl (C=O) groups excluding carboxylic acids is 4. The Bertz CT molecular complexity index is 2240. The quantitative estimate of drug-likeness (QED) is 0.111. The van der Waals surface area contributed by atoms with Gasteiger partial charge in [-0.2, -0.15) is 0 Å². The van der Waals surface area contributed by atoms with Crippen molar-refractivity contribution in [3.8, 4) is 10.4 Å². The predicted molar refractivity (Wildman–Crippen MR) is 232 cm³/mol. The summed E-state index contributed by atoms with van der Waals surface area (Å²) in [7, 11) is 0. The number of hydrogen-bond donors (Lipinski definition) is 6. The minimum absolute atomic E-state index is 0.122. The van der Waals surface area contributed by atoms with E-state index in [4.69, 9.17) is 10.5 Å². The van der Waals surface area contributed by atoms with Crippen LogP contribution >= 0.6 is 11.3 Å². The molecule has 1 atom stereocenters. The number of likely N-dealkylation sites (tertiary alicyclic amines) is 1.